The number of rotatable bonds is 10. The summed E-state index contributed by atoms with van der Waals surface area (Å²) in [7, 11) is -18.8. The van der Waals surface area contributed by atoms with Crippen molar-refractivity contribution in [2.75, 3.05) is 0 Å². The van der Waals surface area contributed by atoms with Gasteiger partial charge in [-0.3, -0.25) is 18.7 Å². The molecule has 1 aliphatic carbocycles. The van der Waals surface area contributed by atoms with Crippen LogP contribution in [0.4, 0.5) is 0 Å². The highest BCUT2D eigenvalue weighted by Crippen LogP contribution is 2.31. The van der Waals surface area contributed by atoms with Crippen LogP contribution in [0.25, 0.3) is 0 Å². The number of sulfonamides is 2. The van der Waals surface area contributed by atoms with Crippen molar-refractivity contribution in [2.45, 2.75) is 47.2 Å². The van der Waals surface area contributed by atoms with Crippen LogP contribution in [0.1, 0.15) is 58.5 Å². The monoisotopic (exact) mass is 610 g/mol. The van der Waals surface area contributed by atoms with Gasteiger partial charge in [0.05, 0.1) is 9.79 Å². The zero-order valence-corrected chi connectivity index (χ0v) is 22.9. The lowest BCUT2D eigenvalue weighted by Gasteiger charge is -2.20. The molecule has 2 aromatic carbocycles. The molecule has 0 fully saturated rings. The highest BCUT2D eigenvalue weighted by molar-refractivity contribution is 7.92. The fraction of sp³-hybridized carbons (Fsp3) is 0.300. The fourth-order valence-corrected chi connectivity index (χ4v) is 8.55. The van der Waals surface area contributed by atoms with Crippen LogP contribution < -0.4 is 9.44 Å². The zero-order chi connectivity index (χ0) is 28.8. The van der Waals surface area contributed by atoms with Gasteiger partial charge in [0.1, 0.15) is 10.7 Å². The molecule has 38 heavy (non-hydrogen) atoms. The van der Waals surface area contributed by atoms with E-state index in [1.807, 2.05) is 0 Å². The summed E-state index contributed by atoms with van der Waals surface area (Å²) in [6, 6.07) is 5.59. The molecule has 1 aliphatic rings. The van der Waals surface area contributed by atoms with Crippen molar-refractivity contribution in [3.05, 3.63) is 58.7 Å². The molecular weight excluding hydrogens is 588 g/mol. The summed E-state index contributed by atoms with van der Waals surface area (Å²) in [5.74, 6) is -1.68. The van der Waals surface area contributed by atoms with Crippen LogP contribution in [-0.2, 0) is 40.3 Å². The van der Waals surface area contributed by atoms with Crippen LogP contribution in [0.15, 0.2) is 46.2 Å². The lowest BCUT2D eigenvalue weighted by molar-refractivity contribution is 0.0978. The van der Waals surface area contributed by atoms with Gasteiger partial charge in [-0.05, 0) is 49.2 Å². The number of carbonyl (C=O) groups is 2. The van der Waals surface area contributed by atoms with E-state index in [0.717, 1.165) is 36.4 Å². The predicted octanol–water partition coefficient (Wildman–Crippen LogP) is 0.266. The molecule has 208 valence electrons. The van der Waals surface area contributed by atoms with Crippen molar-refractivity contribution >= 4 is 51.8 Å². The van der Waals surface area contributed by atoms with E-state index in [4.69, 9.17) is 0 Å². The van der Waals surface area contributed by atoms with Crippen molar-refractivity contribution < 1.29 is 52.4 Å². The number of hydrogen-bond acceptors (Lipinski definition) is 10. The Balaban J connectivity index is 2.06. The van der Waals surface area contributed by atoms with Gasteiger partial charge in [-0.2, -0.15) is 26.3 Å². The van der Waals surface area contributed by atoms with Gasteiger partial charge in [0.2, 0.25) is 20.0 Å². The van der Waals surface area contributed by atoms with Crippen molar-refractivity contribution in [1.29, 1.82) is 0 Å². The number of benzene rings is 2. The third kappa shape index (κ3) is 5.86. The Morgan fingerprint density at radius 1 is 0.605 bits per heavy atom. The molecule has 0 spiro atoms. The van der Waals surface area contributed by atoms with Gasteiger partial charge in [0.15, 0.2) is 11.6 Å². The molecule has 0 radical (unpaired) electrons. The lowest BCUT2D eigenvalue weighted by Crippen LogP contribution is -2.40. The van der Waals surface area contributed by atoms with E-state index >= 15 is 0 Å². The molecule has 0 heterocycles. The molecule has 2 atom stereocenters. The molecule has 0 saturated heterocycles. The minimum absolute atomic E-state index is 0.200. The Bertz CT molecular complexity index is 1640. The van der Waals surface area contributed by atoms with E-state index in [1.165, 1.54) is 13.8 Å². The second kappa shape index (κ2) is 10.2. The SMILES string of the molecule is CCC(NS(=O)(=O)c1ccc2c(c1)C(=O)c1cc(S(=O)(=O)NC(CC)S(=O)(=O)O)ccc1C2=O)S(=O)(=O)O. The van der Waals surface area contributed by atoms with Crippen molar-refractivity contribution in [3.8, 4) is 0 Å². The van der Waals surface area contributed by atoms with Crippen LogP contribution in [0.5, 0.6) is 0 Å². The topological polar surface area (TPSA) is 235 Å². The summed E-state index contributed by atoms with van der Waals surface area (Å²) in [5, 5.41) is -3.76. The third-order valence-electron chi connectivity index (χ3n) is 5.62. The van der Waals surface area contributed by atoms with Crippen LogP contribution in [0.2, 0.25) is 0 Å². The van der Waals surface area contributed by atoms with E-state index in [-0.39, 0.29) is 24.0 Å². The zero-order valence-electron chi connectivity index (χ0n) is 19.6. The van der Waals surface area contributed by atoms with Crippen LogP contribution in [0.3, 0.4) is 0 Å². The maximum atomic E-state index is 13.2. The smallest absolute Gasteiger partial charge is 0.282 e. The van der Waals surface area contributed by atoms with Crippen molar-refractivity contribution in [3.63, 3.8) is 0 Å². The van der Waals surface area contributed by atoms with E-state index in [9.17, 15) is 52.4 Å². The second-order valence-electron chi connectivity index (χ2n) is 8.14. The van der Waals surface area contributed by atoms with Gasteiger partial charge in [-0.15, -0.1) is 0 Å². The molecule has 0 saturated carbocycles. The van der Waals surface area contributed by atoms with Gasteiger partial charge in [0, 0.05) is 22.3 Å². The molecule has 0 bridgehead atoms. The average molecular weight is 611 g/mol. The Morgan fingerprint density at radius 2 is 0.921 bits per heavy atom. The predicted molar refractivity (Wildman–Crippen MR) is 132 cm³/mol. The first-order chi connectivity index (χ1) is 17.3. The van der Waals surface area contributed by atoms with Crippen molar-refractivity contribution in [2.24, 2.45) is 0 Å². The first-order valence-electron chi connectivity index (χ1n) is 10.7. The number of carbonyl (C=O) groups excluding carboxylic acids is 2. The molecule has 0 amide bonds. The second-order valence-corrected chi connectivity index (χ2v) is 14.8. The number of nitrogens with one attached hydrogen (secondary N) is 2. The van der Waals surface area contributed by atoms with E-state index in [2.05, 4.69) is 0 Å². The van der Waals surface area contributed by atoms with Gasteiger partial charge in [-0.1, -0.05) is 13.8 Å². The molecular formula is C20H22N2O12S4. The number of fused-ring (bicyclic) bond motifs is 2. The van der Waals surface area contributed by atoms with Gasteiger partial charge >= 0.3 is 0 Å². The fourth-order valence-electron chi connectivity index (χ4n) is 3.63. The van der Waals surface area contributed by atoms with Crippen molar-refractivity contribution in [1.82, 2.24) is 9.44 Å². The maximum absolute atomic E-state index is 13.2. The molecule has 0 aromatic heterocycles. The van der Waals surface area contributed by atoms with Gasteiger partial charge < -0.3 is 0 Å². The standard InChI is InChI=1S/C20H22N2O12S4/c1-3-17(37(29,30)31)21-35(25,26)11-5-7-13-15(9-11)20(24)16-10-12(6-8-14(16)19(13)23)36(27,28)22-18(4-2)38(32,33)34/h5-10,17-18,21-22H,3-4H2,1-2H3,(H,29,30,31)(H,32,33,34). The van der Waals surface area contributed by atoms with E-state index in [1.54, 1.807) is 9.44 Å². The summed E-state index contributed by atoms with van der Waals surface area (Å²) < 4.78 is 119. The first kappa shape index (κ1) is 30.0. The normalized spacial score (nSPS) is 16.0. The minimum Gasteiger partial charge on any atom is -0.289 e. The van der Waals surface area contributed by atoms with Crippen LogP contribution >= 0.6 is 0 Å². The molecule has 2 unspecified atom stereocenters. The highest BCUT2D eigenvalue weighted by atomic mass is 32.2. The number of hydrogen-bond donors (Lipinski definition) is 4. The first-order valence-corrected chi connectivity index (χ1v) is 16.7. The summed E-state index contributed by atoms with van der Waals surface area (Å²) in [6.07, 6.45) is -0.648. The van der Waals surface area contributed by atoms with Crippen LogP contribution in [-0.4, -0.2) is 65.1 Å². The molecule has 2 aromatic rings. The van der Waals surface area contributed by atoms with E-state index in [0.29, 0.717) is 0 Å². The lowest BCUT2D eigenvalue weighted by atomic mass is 9.84. The third-order valence-corrected chi connectivity index (χ3v) is 11.2. The Labute approximate surface area is 219 Å². The summed E-state index contributed by atoms with van der Waals surface area (Å²) in [5.41, 5.74) is -1.24. The average Bonchev–Trinajstić information content (AvgIpc) is 2.82. The molecule has 14 nitrogen and oxygen atoms in total. The summed E-state index contributed by atoms with van der Waals surface area (Å²) >= 11 is 0. The summed E-state index contributed by atoms with van der Waals surface area (Å²) in [6.45, 7) is 2.60. The molecule has 3 rings (SSSR count). The minimum atomic E-state index is -4.80. The summed E-state index contributed by atoms with van der Waals surface area (Å²) in [4.78, 5) is 25.0. The highest BCUT2D eigenvalue weighted by Gasteiger charge is 2.35. The largest absolute Gasteiger partial charge is 0.289 e. The van der Waals surface area contributed by atoms with Crippen LogP contribution in [0, 0.1) is 0 Å². The quantitative estimate of drug-likeness (QED) is 0.226. The Kier molecular flexibility index (Phi) is 8.04. The number of ketones is 2. The Hall–Kier alpha value is -2.58. The molecule has 4 N–H and O–H groups in total. The van der Waals surface area contributed by atoms with Gasteiger partial charge in [0.25, 0.3) is 20.2 Å². The molecule has 0 aliphatic heterocycles. The Morgan fingerprint density at radius 3 is 1.21 bits per heavy atom. The molecule has 18 heteroatoms. The van der Waals surface area contributed by atoms with Gasteiger partial charge in [-0.25, -0.2) is 16.8 Å². The van der Waals surface area contributed by atoms with E-state index < -0.39 is 83.5 Å². The maximum Gasteiger partial charge on any atom is 0.282 e.